The Morgan fingerprint density at radius 1 is 0.968 bits per heavy atom. The van der Waals surface area contributed by atoms with E-state index in [1.807, 2.05) is 26.0 Å². The first kappa shape index (κ1) is 22.0. The van der Waals surface area contributed by atoms with E-state index in [9.17, 15) is 9.59 Å². The van der Waals surface area contributed by atoms with Crippen LogP contribution in [0.2, 0.25) is 0 Å². The van der Waals surface area contributed by atoms with Crippen LogP contribution >= 0.6 is 0 Å². The molecular formula is C23H27N3O5. The second-order valence-corrected chi connectivity index (χ2v) is 7.34. The molecule has 0 unspecified atom stereocenters. The van der Waals surface area contributed by atoms with Gasteiger partial charge in [0.2, 0.25) is 5.91 Å². The maximum Gasteiger partial charge on any atom is 0.272 e. The molecule has 0 aliphatic rings. The normalized spacial score (nSPS) is 10.8. The van der Waals surface area contributed by atoms with Crippen molar-refractivity contribution in [1.82, 2.24) is 10.3 Å². The van der Waals surface area contributed by atoms with Crippen LogP contribution in [-0.2, 0) is 11.2 Å². The maximum absolute atomic E-state index is 12.8. The molecule has 0 saturated carbocycles. The summed E-state index contributed by atoms with van der Waals surface area (Å²) in [5.41, 5.74) is 2.44. The number of rotatable bonds is 8. The number of hydrogen-bond donors (Lipinski definition) is 3. The van der Waals surface area contributed by atoms with E-state index in [-0.39, 0.29) is 24.3 Å². The van der Waals surface area contributed by atoms with Crippen molar-refractivity contribution in [3.8, 4) is 17.2 Å². The van der Waals surface area contributed by atoms with Gasteiger partial charge in [0.15, 0.2) is 11.5 Å². The van der Waals surface area contributed by atoms with Crippen molar-refractivity contribution in [2.24, 2.45) is 0 Å². The van der Waals surface area contributed by atoms with Gasteiger partial charge in [0.1, 0.15) is 11.4 Å². The van der Waals surface area contributed by atoms with Crippen molar-refractivity contribution in [2.75, 3.05) is 26.6 Å². The lowest BCUT2D eigenvalue weighted by atomic mass is 10.1. The Bertz CT molecular complexity index is 1090. The Labute approximate surface area is 180 Å². The number of aromatic nitrogens is 1. The van der Waals surface area contributed by atoms with E-state index in [4.69, 9.17) is 14.2 Å². The SMILES string of the molecule is COc1cc(OC)c2cc(C(=O)Nc3ccc(CC(=O)NC(C)C)cc3)[nH]c2c1OC. The van der Waals surface area contributed by atoms with Crippen molar-refractivity contribution in [2.45, 2.75) is 26.3 Å². The predicted molar refractivity (Wildman–Crippen MR) is 119 cm³/mol. The van der Waals surface area contributed by atoms with E-state index in [1.54, 1.807) is 31.4 Å². The summed E-state index contributed by atoms with van der Waals surface area (Å²) in [5, 5.41) is 6.41. The zero-order chi connectivity index (χ0) is 22.5. The smallest absolute Gasteiger partial charge is 0.272 e. The quantitative estimate of drug-likeness (QED) is 0.513. The van der Waals surface area contributed by atoms with Gasteiger partial charge in [0.25, 0.3) is 5.91 Å². The van der Waals surface area contributed by atoms with Crippen LogP contribution in [-0.4, -0.2) is 44.2 Å². The molecule has 2 amide bonds. The third kappa shape index (κ3) is 4.91. The van der Waals surface area contributed by atoms with Crippen molar-refractivity contribution in [1.29, 1.82) is 0 Å². The summed E-state index contributed by atoms with van der Waals surface area (Å²) in [6.45, 7) is 3.84. The van der Waals surface area contributed by atoms with Crippen LogP contribution in [0.1, 0.15) is 29.9 Å². The van der Waals surface area contributed by atoms with E-state index in [1.165, 1.54) is 14.2 Å². The summed E-state index contributed by atoms with van der Waals surface area (Å²) in [6, 6.07) is 10.7. The molecule has 8 heteroatoms. The predicted octanol–water partition coefficient (Wildman–Crippen LogP) is 3.51. The first-order valence-electron chi connectivity index (χ1n) is 9.87. The number of ether oxygens (including phenoxy) is 3. The number of carbonyl (C=O) groups is 2. The molecule has 1 heterocycles. The summed E-state index contributed by atoms with van der Waals surface area (Å²) >= 11 is 0. The molecule has 2 aromatic carbocycles. The van der Waals surface area contributed by atoms with E-state index >= 15 is 0 Å². The highest BCUT2D eigenvalue weighted by Gasteiger charge is 2.19. The number of methoxy groups -OCH3 is 3. The van der Waals surface area contributed by atoms with Gasteiger partial charge in [-0.05, 0) is 37.6 Å². The fraction of sp³-hybridized carbons (Fsp3) is 0.304. The fourth-order valence-corrected chi connectivity index (χ4v) is 3.32. The van der Waals surface area contributed by atoms with Gasteiger partial charge in [-0.15, -0.1) is 0 Å². The Balaban J connectivity index is 1.79. The minimum atomic E-state index is -0.315. The number of H-pyrrole nitrogens is 1. The molecule has 0 atom stereocenters. The number of aromatic amines is 1. The molecule has 0 fully saturated rings. The molecule has 8 nitrogen and oxygen atoms in total. The maximum atomic E-state index is 12.8. The molecular weight excluding hydrogens is 398 g/mol. The summed E-state index contributed by atoms with van der Waals surface area (Å²) in [7, 11) is 4.62. The highest BCUT2D eigenvalue weighted by molar-refractivity contribution is 6.08. The van der Waals surface area contributed by atoms with Gasteiger partial charge in [0, 0.05) is 23.2 Å². The summed E-state index contributed by atoms with van der Waals surface area (Å²) in [4.78, 5) is 27.8. The van der Waals surface area contributed by atoms with Gasteiger partial charge in [0.05, 0.1) is 33.3 Å². The van der Waals surface area contributed by atoms with Crippen LogP contribution in [0.4, 0.5) is 5.69 Å². The van der Waals surface area contributed by atoms with E-state index in [0.717, 1.165) is 5.56 Å². The lowest BCUT2D eigenvalue weighted by molar-refractivity contribution is -0.120. The van der Waals surface area contributed by atoms with Gasteiger partial charge in [-0.25, -0.2) is 0 Å². The number of carbonyl (C=O) groups excluding carboxylic acids is 2. The Hall–Kier alpha value is -3.68. The van der Waals surface area contributed by atoms with Crippen LogP contribution in [0.3, 0.4) is 0 Å². The molecule has 1 aromatic heterocycles. The average molecular weight is 425 g/mol. The minimum Gasteiger partial charge on any atom is -0.496 e. The molecule has 31 heavy (non-hydrogen) atoms. The van der Waals surface area contributed by atoms with Crippen LogP contribution in [0.5, 0.6) is 17.2 Å². The highest BCUT2D eigenvalue weighted by Crippen LogP contribution is 2.41. The van der Waals surface area contributed by atoms with Crippen LogP contribution in [0.15, 0.2) is 36.4 Å². The lowest BCUT2D eigenvalue weighted by Crippen LogP contribution is -2.31. The number of hydrogen-bond acceptors (Lipinski definition) is 5. The van der Waals surface area contributed by atoms with E-state index < -0.39 is 0 Å². The first-order valence-corrected chi connectivity index (χ1v) is 9.87. The minimum absolute atomic E-state index is 0.0387. The fourth-order valence-electron chi connectivity index (χ4n) is 3.32. The van der Waals surface area contributed by atoms with Crippen LogP contribution in [0.25, 0.3) is 10.9 Å². The third-order valence-corrected chi connectivity index (χ3v) is 4.71. The molecule has 0 radical (unpaired) electrons. The summed E-state index contributed by atoms with van der Waals surface area (Å²) in [5.74, 6) is 1.19. The second kappa shape index (κ2) is 9.42. The van der Waals surface area contributed by atoms with Gasteiger partial charge in [-0.1, -0.05) is 12.1 Å². The molecule has 3 aromatic rings. The first-order chi connectivity index (χ1) is 14.9. The summed E-state index contributed by atoms with van der Waals surface area (Å²) in [6.07, 6.45) is 0.288. The molecule has 164 valence electrons. The Morgan fingerprint density at radius 2 is 1.65 bits per heavy atom. The largest absolute Gasteiger partial charge is 0.496 e. The van der Waals surface area contributed by atoms with Gasteiger partial charge in [-0.3, -0.25) is 9.59 Å². The van der Waals surface area contributed by atoms with Crippen molar-refractivity contribution >= 4 is 28.4 Å². The van der Waals surface area contributed by atoms with Crippen LogP contribution in [0, 0.1) is 0 Å². The number of nitrogens with one attached hydrogen (secondary N) is 3. The molecule has 3 N–H and O–H groups in total. The Morgan fingerprint density at radius 3 is 2.23 bits per heavy atom. The van der Waals surface area contributed by atoms with Crippen LogP contribution < -0.4 is 24.8 Å². The molecule has 0 spiro atoms. The average Bonchev–Trinajstić information content (AvgIpc) is 3.18. The molecule has 3 rings (SSSR count). The molecule has 0 bridgehead atoms. The van der Waals surface area contributed by atoms with Gasteiger partial charge >= 0.3 is 0 Å². The standard InChI is InChI=1S/C23H27N3O5/c1-13(2)24-20(27)10-14-6-8-15(9-7-14)25-23(28)17-11-16-18(29-3)12-19(30-4)22(31-5)21(16)26-17/h6-9,11-13,26H,10H2,1-5H3,(H,24,27)(H,25,28). The van der Waals surface area contributed by atoms with E-state index in [2.05, 4.69) is 15.6 Å². The zero-order valence-electron chi connectivity index (χ0n) is 18.3. The molecule has 0 saturated heterocycles. The number of fused-ring (bicyclic) bond motifs is 1. The van der Waals surface area contributed by atoms with Crippen molar-refractivity contribution in [3.05, 3.63) is 47.7 Å². The Kier molecular flexibility index (Phi) is 6.69. The monoisotopic (exact) mass is 425 g/mol. The topological polar surface area (TPSA) is 102 Å². The van der Waals surface area contributed by atoms with Crippen molar-refractivity contribution in [3.63, 3.8) is 0 Å². The van der Waals surface area contributed by atoms with E-state index in [0.29, 0.717) is 39.5 Å². The second-order valence-electron chi connectivity index (χ2n) is 7.34. The number of benzene rings is 2. The third-order valence-electron chi connectivity index (χ3n) is 4.71. The highest BCUT2D eigenvalue weighted by atomic mass is 16.5. The molecule has 0 aliphatic carbocycles. The zero-order valence-corrected chi connectivity index (χ0v) is 18.3. The molecule has 0 aliphatic heterocycles. The lowest BCUT2D eigenvalue weighted by Gasteiger charge is -2.11. The summed E-state index contributed by atoms with van der Waals surface area (Å²) < 4.78 is 16.2. The van der Waals surface area contributed by atoms with Gasteiger partial charge in [-0.2, -0.15) is 0 Å². The number of amides is 2. The van der Waals surface area contributed by atoms with Gasteiger partial charge < -0.3 is 29.8 Å². The number of anilines is 1. The van der Waals surface area contributed by atoms with Crippen molar-refractivity contribution < 1.29 is 23.8 Å².